The highest BCUT2D eigenvalue weighted by Gasteiger charge is 2.33. The third kappa shape index (κ3) is 7.97. The number of carbonyl (C=O) groups excluding carboxylic acids is 2. The predicted octanol–water partition coefficient (Wildman–Crippen LogP) is 6.28. The van der Waals surface area contributed by atoms with E-state index in [1.54, 1.807) is 67.6 Å². The van der Waals surface area contributed by atoms with Gasteiger partial charge in [-0.3, -0.25) is 13.9 Å². The van der Waals surface area contributed by atoms with Crippen LogP contribution in [0.5, 0.6) is 0 Å². The van der Waals surface area contributed by atoms with E-state index in [2.05, 4.69) is 21.2 Å². The number of nitrogens with one attached hydrogen (secondary N) is 1. The van der Waals surface area contributed by atoms with Crippen LogP contribution in [-0.4, -0.2) is 44.3 Å². The number of halogens is 3. The maximum absolute atomic E-state index is 14.0. The Bertz CT molecular complexity index is 1410. The number of sulfonamides is 1. The average Bonchev–Trinajstić information content (AvgIpc) is 2.92. The van der Waals surface area contributed by atoms with Crippen LogP contribution in [0, 0.1) is 0 Å². The van der Waals surface area contributed by atoms with Crippen molar-refractivity contribution in [3.8, 4) is 0 Å². The van der Waals surface area contributed by atoms with Gasteiger partial charge in [0.1, 0.15) is 12.6 Å². The molecule has 0 bridgehead atoms. The summed E-state index contributed by atoms with van der Waals surface area (Å²) in [4.78, 5) is 28.6. The first-order chi connectivity index (χ1) is 18.6. The molecule has 0 fully saturated rings. The maximum atomic E-state index is 14.0. The van der Waals surface area contributed by atoms with Crippen molar-refractivity contribution in [2.24, 2.45) is 0 Å². The molecular formula is C28H30BrCl2N3O4S. The molecule has 1 N–H and O–H groups in total. The number of hydrogen-bond donors (Lipinski definition) is 1. The zero-order valence-electron chi connectivity index (χ0n) is 21.6. The minimum atomic E-state index is -4.13. The monoisotopic (exact) mass is 653 g/mol. The van der Waals surface area contributed by atoms with Crippen molar-refractivity contribution in [1.29, 1.82) is 0 Å². The Balaban J connectivity index is 2.05. The molecule has 0 aliphatic rings. The second-order valence-corrected chi connectivity index (χ2v) is 12.4. The molecule has 0 spiro atoms. The van der Waals surface area contributed by atoms with Crippen molar-refractivity contribution >= 4 is 66.7 Å². The van der Waals surface area contributed by atoms with E-state index in [0.717, 1.165) is 10.7 Å². The van der Waals surface area contributed by atoms with Crippen molar-refractivity contribution in [2.75, 3.05) is 17.4 Å². The van der Waals surface area contributed by atoms with Crippen molar-refractivity contribution in [2.45, 2.75) is 44.2 Å². The van der Waals surface area contributed by atoms with Crippen molar-refractivity contribution in [3.63, 3.8) is 0 Å². The van der Waals surface area contributed by atoms with E-state index < -0.39 is 28.5 Å². The van der Waals surface area contributed by atoms with E-state index in [1.165, 1.54) is 17.0 Å². The summed E-state index contributed by atoms with van der Waals surface area (Å²) >= 11 is 15.7. The fourth-order valence-electron chi connectivity index (χ4n) is 4.00. The molecule has 0 unspecified atom stereocenters. The summed E-state index contributed by atoms with van der Waals surface area (Å²) < 4.78 is 29.3. The van der Waals surface area contributed by atoms with Crippen LogP contribution in [0.3, 0.4) is 0 Å². The summed E-state index contributed by atoms with van der Waals surface area (Å²) in [6.07, 6.45) is 1.06. The van der Waals surface area contributed by atoms with Crippen LogP contribution in [0.25, 0.3) is 0 Å². The summed E-state index contributed by atoms with van der Waals surface area (Å²) in [5, 5.41) is 3.53. The molecule has 0 heterocycles. The third-order valence-electron chi connectivity index (χ3n) is 5.98. The van der Waals surface area contributed by atoms with E-state index >= 15 is 0 Å². The van der Waals surface area contributed by atoms with Crippen LogP contribution in [0.4, 0.5) is 5.69 Å². The molecular weight excluding hydrogens is 625 g/mol. The summed E-state index contributed by atoms with van der Waals surface area (Å²) in [5.74, 6) is -0.855. The minimum Gasteiger partial charge on any atom is -0.354 e. The lowest BCUT2D eigenvalue weighted by Crippen LogP contribution is -2.52. The normalized spacial score (nSPS) is 12.0. The number of rotatable bonds is 12. The van der Waals surface area contributed by atoms with Gasteiger partial charge >= 0.3 is 0 Å². The van der Waals surface area contributed by atoms with Crippen LogP contribution in [-0.2, 0) is 26.2 Å². The molecule has 0 saturated carbocycles. The lowest BCUT2D eigenvalue weighted by Gasteiger charge is -2.33. The van der Waals surface area contributed by atoms with Gasteiger partial charge in [-0.25, -0.2) is 8.42 Å². The second-order valence-electron chi connectivity index (χ2n) is 8.79. The number of carbonyl (C=O) groups is 2. The highest BCUT2D eigenvalue weighted by molar-refractivity contribution is 9.10. The molecule has 3 aromatic rings. The molecule has 39 heavy (non-hydrogen) atoms. The largest absolute Gasteiger partial charge is 0.354 e. The Labute approximate surface area is 248 Å². The third-order valence-corrected chi connectivity index (χ3v) is 9.00. The van der Waals surface area contributed by atoms with Gasteiger partial charge in [0, 0.05) is 17.6 Å². The van der Waals surface area contributed by atoms with E-state index in [9.17, 15) is 18.0 Å². The molecule has 0 aliphatic heterocycles. The molecule has 1 atom stereocenters. The minimum absolute atomic E-state index is 0.0332. The fraction of sp³-hybridized carbons (Fsp3) is 0.286. The Morgan fingerprint density at radius 2 is 1.67 bits per heavy atom. The first-order valence-electron chi connectivity index (χ1n) is 12.4. The lowest BCUT2D eigenvalue weighted by atomic mass is 10.1. The lowest BCUT2D eigenvalue weighted by molar-refractivity contribution is -0.140. The average molecular weight is 655 g/mol. The van der Waals surface area contributed by atoms with Crippen LogP contribution in [0.2, 0.25) is 10.0 Å². The Morgan fingerprint density at radius 3 is 2.28 bits per heavy atom. The van der Waals surface area contributed by atoms with Crippen LogP contribution in [0.15, 0.2) is 82.2 Å². The molecule has 3 rings (SSSR count). The Morgan fingerprint density at radius 1 is 0.949 bits per heavy atom. The van der Waals surface area contributed by atoms with Gasteiger partial charge in [0.05, 0.1) is 20.6 Å². The molecule has 0 aliphatic carbocycles. The molecule has 0 aromatic heterocycles. The number of nitrogens with zero attached hydrogens (tertiary/aromatic N) is 2. The zero-order valence-corrected chi connectivity index (χ0v) is 25.5. The van der Waals surface area contributed by atoms with E-state index in [-0.39, 0.29) is 17.3 Å². The van der Waals surface area contributed by atoms with Crippen molar-refractivity contribution in [1.82, 2.24) is 10.2 Å². The molecule has 2 amide bonds. The van der Waals surface area contributed by atoms with Gasteiger partial charge in [0.15, 0.2) is 0 Å². The molecule has 208 valence electrons. The Kier molecular flexibility index (Phi) is 11.2. The van der Waals surface area contributed by atoms with Crippen LogP contribution in [0.1, 0.15) is 32.3 Å². The van der Waals surface area contributed by atoms with Gasteiger partial charge in [-0.15, -0.1) is 0 Å². The van der Waals surface area contributed by atoms with Gasteiger partial charge in [-0.1, -0.05) is 83.3 Å². The molecule has 0 radical (unpaired) electrons. The standard InChI is InChI=1S/C28H30BrCl2N3O4S/c1-3-15-32-28(36)26(4-2)33(18-20-13-14-24(30)25(31)16-20)27(35)19-34(22-10-8-9-21(29)17-22)39(37,38)23-11-6-5-7-12-23/h5-14,16-17,26H,3-4,15,18-19H2,1-2H3,(H,32,36)/t26-/m0/s1. The maximum Gasteiger partial charge on any atom is 0.264 e. The first-order valence-corrected chi connectivity index (χ1v) is 15.4. The molecule has 0 saturated heterocycles. The molecule has 3 aromatic carbocycles. The van der Waals surface area contributed by atoms with Gasteiger partial charge < -0.3 is 10.2 Å². The van der Waals surface area contributed by atoms with Gasteiger partial charge in [0.25, 0.3) is 10.0 Å². The first kappa shape index (κ1) is 30.9. The number of benzene rings is 3. The zero-order chi connectivity index (χ0) is 28.6. The summed E-state index contributed by atoms with van der Waals surface area (Å²) in [6.45, 7) is 3.71. The number of anilines is 1. The second kappa shape index (κ2) is 14.2. The van der Waals surface area contributed by atoms with E-state index in [1.807, 2.05) is 6.92 Å². The Hall–Kier alpha value is -2.59. The van der Waals surface area contributed by atoms with Gasteiger partial charge in [-0.05, 0) is 60.9 Å². The quantitative estimate of drug-likeness (QED) is 0.249. The van der Waals surface area contributed by atoms with Gasteiger partial charge in [-0.2, -0.15) is 0 Å². The number of hydrogen-bond acceptors (Lipinski definition) is 4. The summed E-state index contributed by atoms with van der Waals surface area (Å²) in [6, 6.07) is 18.8. The smallest absolute Gasteiger partial charge is 0.264 e. The topological polar surface area (TPSA) is 86.8 Å². The van der Waals surface area contributed by atoms with Crippen LogP contribution < -0.4 is 9.62 Å². The highest BCUT2D eigenvalue weighted by atomic mass is 79.9. The summed E-state index contributed by atoms with van der Waals surface area (Å²) in [5.41, 5.74) is 0.957. The highest BCUT2D eigenvalue weighted by Crippen LogP contribution is 2.28. The summed E-state index contributed by atoms with van der Waals surface area (Å²) in [7, 11) is -4.13. The van der Waals surface area contributed by atoms with Gasteiger partial charge in [0.2, 0.25) is 11.8 Å². The van der Waals surface area contributed by atoms with Crippen molar-refractivity contribution < 1.29 is 18.0 Å². The fourth-order valence-corrected chi connectivity index (χ4v) is 6.13. The van der Waals surface area contributed by atoms with E-state index in [4.69, 9.17) is 23.2 Å². The predicted molar refractivity (Wildman–Crippen MR) is 160 cm³/mol. The molecule has 11 heteroatoms. The van der Waals surface area contributed by atoms with E-state index in [0.29, 0.717) is 38.7 Å². The SMILES string of the molecule is CCCNC(=O)[C@H](CC)N(Cc1ccc(Cl)c(Cl)c1)C(=O)CN(c1cccc(Br)c1)S(=O)(=O)c1ccccc1. The van der Waals surface area contributed by atoms with Crippen LogP contribution >= 0.6 is 39.1 Å². The molecule has 7 nitrogen and oxygen atoms in total. The number of amides is 2. The van der Waals surface area contributed by atoms with Crippen molar-refractivity contribution in [3.05, 3.63) is 92.9 Å².